The SMILES string of the molecule is NC1C=C(C2=NOC(c3cc(Cl)cc(Cl)c3)(C(F)(F)F)C2)C=CC1F. The largest absolute Gasteiger partial charge is 0.435 e. The van der Waals surface area contributed by atoms with Gasteiger partial charge in [-0.15, -0.1) is 0 Å². The molecule has 1 heterocycles. The summed E-state index contributed by atoms with van der Waals surface area (Å²) in [4.78, 5) is 4.87. The molecule has 3 atom stereocenters. The van der Waals surface area contributed by atoms with Crippen LogP contribution in [0, 0.1) is 0 Å². The van der Waals surface area contributed by atoms with Crippen molar-refractivity contribution in [2.24, 2.45) is 10.9 Å². The number of alkyl halides is 4. The maximum absolute atomic E-state index is 13.8. The monoisotopic (exact) mass is 394 g/mol. The van der Waals surface area contributed by atoms with Crippen molar-refractivity contribution < 1.29 is 22.4 Å². The Morgan fingerprint density at radius 1 is 1.20 bits per heavy atom. The first-order valence-corrected chi connectivity index (χ1v) is 7.96. The van der Waals surface area contributed by atoms with Crippen molar-refractivity contribution in [3.05, 3.63) is 57.6 Å². The van der Waals surface area contributed by atoms with E-state index < -0.39 is 30.4 Å². The molecule has 1 aromatic carbocycles. The Bertz CT molecular complexity index is 771. The highest BCUT2D eigenvalue weighted by Gasteiger charge is 2.62. The maximum Gasteiger partial charge on any atom is 0.435 e. The number of allylic oxidation sites excluding steroid dienone is 2. The van der Waals surface area contributed by atoms with E-state index in [0.717, 1.165) is 12.1 Å². The molecular weight excluding hydrogens is 383 g/mol. The van der Waals surface area contributed by atoms with Gasteiger partial charge in [0, 0.05) is 22.0 Å². The van der Waals surface area contributed by atoms with Crippen LogP contribution in [0.4, 0.5) is 17.6 Å². The van der Waals surface area contributed by atoms with E-state index >= 15 is 0 Å². The van der Waals surface area contributed by atoms with E-state index in [1.807, 2.05) is 0 Å². The first-order valence-electron chi connectivity index (χ1n) is 7.21. The number of nitrogens with two attached hydrogens (primary N) is 1. The molecule has 9 heteroatoms. The summed E-state index contributed by atoms with van der Waals surface area (Å²) < 4.78 is 54.9. The van der Waals surface area contributed by atoms with Crippen molar-refractivity contribution >= 4 is 28.9 Å². The molecule has 0 saturated carbocycles. The molecule has 0 amide bonds. The summed E-state index contributed by atoms with van der Waals surface area (Å²) in [6.45, 7) is 0. The topological polar surface area (TPSA) is 47.6 Å². The maximum atomic E-state index is 13.8. The van der Waals surface area contributed by atoms with Crippen LogP contribution in [-0.2, 0) is 10.4 Å². The average Bonchev–Trinajstić information content (AvgIpc) is 2.95. The van der Waals surface area contributed by atoms with Crippen molar-refractivity contribution in [3.8, 4) is 0 Å². The Morgan fingerprint density at radius 2 is 1.84 bits per heavy atom. The van der Waals surface area contributed by atoms with Crippen molar-refractivity contribution in [1.82, 2.24) is 0 Å². The van der Waals surface area contributed by atoms with E-state index in [2.05, 4.69) is 5.16 Å². The summed E-state index contributed by atoms with van der Waals surface area (Å²) in [5.41, 5.74) is 2.92. The molecule has 25 heavy (non-hydrogen) atoms. The van der Waals surface area contributed by atoms with E-state index in [-0.39, 0.29) is 21.3 Å². The van der Waals surface area contributed by atoms with Crippen LogP contribution in [0.2, 0.25) is 10.0 Å². The van der Waals surface area contributed by atoms with Gasteiger partial charge in [-0.1, -0.05) is 40.5 Å². The van der Waals surface area contributed by atoms with Gasteiger partial charge in [0.2, 0.25) is 0 Å². The third kappa shape index (κ3) is 3.28. The van der Waals surface area contributed by atoms with E-state index in [4.69, 9.17) is 33.8 Å². The minimum Gasteiger partial charge on any atom is -0.374 e. The van der Waals surface area contributed by atoms with Crippen molar-refractivity contribution in [2.75, 3.05) is 0 Å². The molecule has 0 spiro atoms. The Balaban J connectivity index is 1.99. The zero-order valence-corrected chi connectivity index (χ0v) is 14.0. The van der Waals surface area contributed by atoms with Gasteiger partial charge in [0.15, 0.2) is 0 Å². The summed E-state index contributed by atoms with van der Waals surface area (Å²) in [7, 11) is 0. The minimum absolute atomic E-state index is 0.0204. The lowest BCUT2D eigenvalue weighted by molar-refractivity contribution is -0.275. The fourth-order valence-electron chi connectivity index (χ4n) is 2.72. The van der Waals surface area contributed by atoms with Gasteiger partial charge in [-0.2, -0.15) is 13.2 Å². The van der Waals surface area contributed by atoms with Crippen LogP contribution < -0.4 is 5.73 Å². The Hall–Kier alpha value is -1.57. The number of benzene rings is 1. The second-order valence-electron chi connectivity index (χ2n) is 5.79. The molecule has 1 aliphatic carbocycles. The lowest BCUT2D eigenvalue weighted by atomic mass is 9.85. The summed E-state index contributed by atoms with van der Waals surface area (Å²) in [5, 5.41) is 3.68. The molecule has 0 fully saturated rings. The van der Waals surface area contributed by atoms with Crippen molar-refractivity contribution in [3.63, 3.8) is 0 Å². The average molecular weight is 395 g/mol. The molecule has 134 valence electrons. The van der Waals surface area contributed by atoms with Crippen LogP contribution in [0.1, 0.15) is 12.0 Å². The zero-order chi connectivity index (χ0) is 18.4. The minimum atomic E-state index is -4.78. The molecule has 0 radical (unpaired) electrons. The normalized spacial score (nSPS) is 29.2. The second-order valence-corrected chi connectivity index (χ2v) is 6.66. The predicted octanol–water partition coefficient (Wildman–Crippen LogP) is 4.69. The summed E-state index contributed by atoms with van der Waals surface area (Å²) >= 11 is 11.7. The lowest BCUT2D eigenvalue weighted by Gasteiger charge is -2.29. The summed E-state index contributed by atoms with van der Waals surface area (Å²) in [6.07, 6.45) is -2.95. The molecule has 0 saturated heterocycles. The van der Waals surface area contributed by atoms with Crippen molar-refractivity contribution in [2.45, 2.75) is 30.4 Å². The summed E-state index contributed by atoms with van der Waals surface area (Å²) in [5.74, 6) is 0. The fraction of sp³-hybridized carbons (Fsp3) is 0.312. The Labute approximate surface area is 150 Å². The molecule has 1 aromatic rings. The van der Waals surface area contributed by atoms with Crippen LogP contribution in [0.15, 0.2) is 47.2 Å². The molecule has 1 aliphatic heterocycles. The first kappa shape index (κ1) is 18.2. The van der Waals surface area contributed by atoms with Crippen molar-refractivity contribution in [1.29, 1.82) is 0 Å². The van der Waals surface area contributed by atoms with Gasteiger partial charge in [-0.25, -0.2) is 4.39 Å². The highest BCUT2D eigenvalue weighted by Crippen LogP contribution is 2.49. The lowest BCUT2D eigenvalue weighted by Crippen LogP contribution is -2.42. The predicted molar refractivity (Wildman–Crippen MR) is 87.4 cm³/mol. The van der Waals surface area contributed by atoms with E-state index in [0.29, 0.717) is 5.57 Å². The van der Waals surface area contributed by atoms with Gasteiger partial charge in [0.1, 0.15) is 6.17 Å². The van der Waals surface area contributed by atoms with Gasteiger partial charge in [-0.3, -0.25) is 0 Å². The van der Waals surface area contributed by atoms with Crippen LogP contribution in [0.5, 0.6) is 0 Å². The quantitative estimate of drug-likeness (QED) is 0.739. The number of hydrogen-bond acceptors (Lipinski definition) is 3. The first-order chi connectivity index (χ1) is 11.6. The molecule has 2 N–H and O–H groups in total. The standard InChI is InChI=1S/C16H12Cl2F4N2O/c17-10-4-9(5-11(18)6-10)15(16(20,21)22)7-14(24-25-15)8-1-2-12(19)13(23)3-8/h1-6,12-13H,7,23H2. The van der Waals surface area contributed by atoms with Crippen LogP contribution in [0.25, 0.3) is 0 Å². The number of nitrogens with zero attached hydrogens (tertiary/aromatic N) is 1. The van der Waals surface area contributed by atoms with Crippen LogP contribution in [0.3, 0.4) is 0 Å². The van der Waals surface area contributed by atoms with E-state index in [9.17, 15) is 17.6 Å². The Kier molecular flexibility index (Phi) is 4.59. The van der Waals surface area contributed by atoms with Gasteiger partial charge in [0.25, 0.3) is 5.60 Å². The second kappa shape index (κ2) is 6.30. The van der Waals surface area contributed by atoms with E-state index in [1.54, 1.807) is 0 Å². The number of halogens is 6. The molecule has 0 bridgehead atoms. The molecular formula is C16H12Cl2F4N2O. The van der Waals surface area contributed by atoms with Gasteiger partial charge in [-0.05, 0) is 29.8 Å². The highest BCUT2D eigenvalue weighted by molar-refractivity contribution is 6.34. The van der Waals surface area contributed by atoms with Gasteiger partial charge < -0.3 is 10.6 Å². The number of hydrogen-bond donors (Lipinski definition) is 1. The molecule has 3 rings (SSSR count). The van der Waals surface area contributed by atoms with Crippen LogP contribution in [-0.4, -0.2) is 24.1 Å². The van der Waals surface area contributed by atoms with Crippen LogP contribution >= 0.6 is 23.2 Å². The highest BCUT2D eigenvalue weighted by atomic mass is 35.5. The molecule has 0 aromatic heterocycles. The third-order valence-electron chi connectivity index (χ3n) is 4.05. The molecule has 3 nitrogen and oxygen atoms in total. The number of oxime groups is 1. The Morgan fingerprint density at radius 3 is 2.40 bits per heavy atom. The number of rotatable bonds is 2. The smallest absolute Gasteiger partial charge is 0.374 e. The van der Waals surface area contributed by atoms with Gasteiger partial charge in [0.05, 0.1) is 11.8 Å². The molecule has 2 aliphatic rings. The fourth-order valence-corrected chi connectivity index (χ4v) is 3.24. The molecule has 3 unspecified atom stereocenters. The third-order valence-corrected chi connectivity index (χ3v) is 4.48. The van der Waals surface area contributed by atoms with Gasteiger partial charge >= 0.3 is 6.18 Å². The van der Waals surface area contributed by atoms with E-state index in [1.165, 1.54) is 24.3 Å². The summed E-state index contributed by atoms with van der Waals surface area (Å²) in [6, 6.07) is 2.63. The zero-order valence-electron chi connectivity index (χ0n) is 12.5.